The van der Waals surface area contributed by atoms with E-state index in [1.54, 1.807) is 46.1 Å². The first-order valence-corrected chi connectivity index (χ1v) is 9.63. The lowest BCUT2D eigenvalue weighted by atomic mass is 10.00. The van der Waals surface area contributed by atoms with Gasteiger partial charge in [0.2, 0.25) is 5.91 Å². The Morgan fingerprint density at radius 1 is 1.21 bits per heavy atom. The Bertz CT molecular complexity index is 919. The van der Waals surface area contributed by atoms with Gasteiger partial charge in [-0.15, -0.1) is 0 Å². The zero-order chi connectivity index (χ0) is 21.2. The van der Waals surface area contributed by atoms with Gasteiger partial charge in [-0.3, -0.25) is 9.59 Å². The van der Waals surface area contributed by atoms with Crippen LogP contribution in [0.25, 0.3) is 0 Å². The van der Waals surface area contributed by atoms with E-state index in [0.29, 0.717) is 29.8 Å². The number of nitrogens with zero attached hydrogens (tertiary/aromatic N) is 1. The SMILES string of the molecule is COc1ccc2c(c1)N(Cc1cccc(F)c1)C(=O)[C@@H](C(=O)OC(C)(C)C)CC2. The number of fused-ring (bicyclic) bond motifs is 1. The van der Waals surface area contributed by atoms with Gasteiger partial charge in [0.1, 0.15) is 23.1 Å². The Kier molecular flexibility index (Phi) is 5.91. The van der Waals surface area contributed by atoms with E-state index in [1.807, 2.05) is 12.1 Å². The number of rotatable bonds is 4. The second-order valence-electron chi connectivity index (χ2n) is 8.17. The van der Waals surface area contributed by atoms with E-state index in [4.69, 9.17) is 9.47 Å². The zero-order valence-electron chi connectivity index (χ0n) is 17.2. The van der Waals surface area contributed by atoms with Crippen molar-refractivity contribution in [3.8, 4) is 5.75 Å². The van der Waals surface area contributed by atoms with Gasteiger partial charge in [-0.25, -0.2) is 4.39 Å². The number of halogens is 1. The van der Waals surface area contributed by atoms with Gasteiger partial charge < -0.3 is 14.4 Å². The zero-order valence-corrected chi connectivity index (χ0v) is 17.2. The quantitative estimate of drug-likeness (QED) is 0.569. The molecule has 6 heteroatoms. The Morgan fingerprint density at radius 2 is 1.97 bits per heavy atom. The third kappa shape index (κ3) is 4.94. The number of methoxy groups -OCH3 is 1. The molecule has 0 fully saturated rings. The average Bonchev–Trinajstić information content (AvgIpc) is 2.77. The van der Waals surface area contributed by atoms with Crippen LogP contribution < -0.4 is 9.64 Å². The minimum absolute atomic E-state index is 0.149. The van der Waals surface area contributed by atoms with Crippen molar-refractivity contribution in [2.75, 3.05) is 12.0 Å². The van der Waals surface area contributed by atoms with Crippen LogP contribution in [0.3, 0.4) is 0 Å². The smallest absolute Gasteiger partial charge is 0.319 e. The monoisotopic (exact) mass is 399 g/mol. The number of hydrogen-bond acceptors (Lipinski definition) is 4. The molecule has 2 aromatic rings. The summed E-state index contributed by atoms with van der Waals surface area (Å²) in [5, 5.41) is 0. The molecule has 0 N–H and O–H groups in total. The molecule has 1 aliphatic rings. The van der Waals surface area contributed by atoms with Crippen molar-refractivity contribution in [2.45, 2.75) is 45.8 Å². The fraction of sp³-hybridized carbons (Fsp3) is 0.391. The number of carbonyl (C=O) groups excluding carboxylic acids is 2. The molecule has 0 saturated carbocycles. The van der Waals surface area contributed by atoms with Crippen LogP contribution in [0, 0.1) is 11.7 Å². The number of esters is 1. The van der Waals surface area contributed by atoms with Crippen LogP contribution in [0.1, 0.15) is 38.3 Å². The molecule has 0 bridgehead atoms. The van der Waals surface area contributed by atoms with Crippen molar-refractivity contribution >= 4 is 17.6 Å². The second-order valence-corrected chi connectivity index (χ2v) is 8.17. The minimum Gasteiger partial charge on any atom is -0.497 e. The van der Waals surface area contributed by atoms with Gasteiger partial charge in [0.15, 0.2) is 0 Å². The van der Waals surface area contributed by atoms with Crippen molar-refractivity contribution in [1.29, 1.82) is 0 Å². The topological polar surface area (TPSA) is 55.8 Å². The van der Waals surface area contributed by atoms with Gasteiger partial charge in [-0.05, 0) is 62.9 Å². The highest BCUT2D eigenvalue weighted by Gasteiger charge is 2.37. The van der Waals surface area contributed by atoms with E-state index in [0.717, 1.165) is 5.56 Å². The Hall–Kier alpha value is -2.89. The lowest BCUT2D eigenvalue weighted by Gasteiger charge is -2.27. The third-order valence-electron chi connectivity index (χ3n) is 4.77. The van der Waals surface area contributed by atoms with Crippen LogP contribution in [0.4, 0.5) is 10.1 Å². The molecule has 154 valence electrons. The second kappa shape index (κ2) is 8.23. The Balaban J connectivity index is 2.01. The average molecular weight is 399 g/mol. The molecule has 1 aliphatic heterocycles. The minimum atomic E-state index is -0.916. The number of benzene rings is 2. The molecule has 1 atom stereocenters. The standard InChI is InChI=1S/C23H26FNO4/c1-23(2,3)29-22(27)19-11-9-16-8-10-18(28-4)13-20(16)25(21(19)26)14-15-6-5-7-17(24)12-15/h5-8,10,12-13,19H,9,11,14H2,1-4H3/t19-/m0/s1. The first kappa shape index (κ1) is 20.8. The van der Waals surface area contributed by atoms with E-state index in [2.05, 4.69) is 0 Å². The highest BCUT2D eigenvalue weighted by atomic mass is 19.1. The van der Waals surface area contributed by atoms with Crippen molar-refractivity contribution < 1.29 is 23.5 Å². The highest BCUT2D eigenvalue weighted by Crippen LogP contribution is 2.34. The molecule has 0 radical (unpaired) electrons. The van der Waals surface area contributed by atoms with Crippen molar-refractivity contribution in [3.63, 3.8) is 0 Å². The largest absolute Gasteiger partial charge is 0.497 e. The first-order valence-electron chi connectivity index (χ1n) is 9.63. The molecule has 0 aromatic heterocycles. The summed E-state index contributed by atoms with van der Waals surface area (Å²) >= 11 is 0. The van der Waals surface area contributed by atoms with Crippen LogP contribution in [0.15, 0.2) is 42.5 Å². The Labute approximate surface area is 170 Å². The highest BCUT2D eigenvalue weighted by molar-refractivity contribution is 6.07. The van der Waals surface area contributed by atoms with E-state index in [-0.39, 0.29) is 18.3 Å². The molecule has 29 heavy (non-hydrogen) atoms. The Morgan fingerprint density at radius 3 is 2.62 bits per heavy atom. The van der Waals surface area contributed by atoms with E-state index in [9.17, 15) is 14.0 Å². The van der Waals surface area contributed by atoms with E-state index >= 15 is 0 Å². The number of aryl methyl sites for hydroxylation is 1. The maximum Gasteiger partial charge on any atom is 0.319 e. The summed E-state index contributed by atoms with van der Waals surface area (Å²) in [6.45, 7) is 5.47. The van der Waals surface area contributed by atoms with Crippen molar-refractivity contribution in [2.24, 2.45) is 5.92 Å². The van der Waals surface area contributed by atoms with Crippen LogP contribution in [0.5, 0.6) is 5.75 Å². The maximum atomic E-state index is 13.7. The van der Waals surface area contributed by atoms with E-state index < -0.39 is 17.5 Å². The molecule has 0 unspecified atom stereocenters. The fourth-order valence-corrected chi connectivity index (χ4v) is 3.44. The van der Waals surface area contributed by atoms with Crippen molar-refractivity contribution in [1.82, 2.24) is 0 Å². The number of amides is 1. The summed E-state index contributed by atoms with van der Waals surface area (Å²) in [5.74, 6) is -1.57. The number of ether oxygens (including phenoxy) is 2. The van der Waals surface area contributed by atoms with Crippen LogP contribution in [0.2, 0.25) is 0 Å². The van der Waals surface area contributed by atoms with Crippen molar-refractivity contribution in [3.05, 3.63) is 59.4 Å². The number of hydrogen-bond donors (Lipinski definition) is 0. The molecular formula is C23H26FNO4. The molecular weight excluding hydrogens is 373 g/mol. The summed E-state index contributed by atoms with van der Waals surface area (Å²) in [7, 11) is 1.56. The number of carbonyl (C=O) groups is 2. The molecule has 0 saturated heterocycles. The summed E-state index contributed by atoms with van der Waals surface area (Å²) in [6, 6.07) is 11.6. The summed E-state index contributed by atoms with van der Waals surface area (Å²) in [6.07, 6.45) is 0.904. The maximum absolute atomic E-state index is 13.7. The van der Waals surface area contributed by atoms with Gasteiger partial charge in [0.25, 0.3) is 0 Å². The molecule has 1 heterocycles. The molecule has 2 aromatic carbocycles. The van der Waals surface area contributed by atoms with Gasteiger partial charge in [-0.1, -0.05) is 18.2 Å². The van der Waals surface area contributed by atoms with Crippen LogP contribution >= 0.6 is 0 Å². The third-order valence-corrected chi connectivity index (χ3v) is 4.77. The lowest BCUT2D eigenvalue weighted by molar-refractivity contribution is -0.162. The first-order chi connectivity index (χ1) is 13.7. The normalized spacial score (nSPS) is 16.8. The van der Waals surface area contributed by atoms with Gasteiger partial charge in [-0.2, -0.15) is 0 Å². The predicted molar refractivity (Wildman–Crippen MR) is 108 cm³/mol. The van der Waals surface area contributed by atoms with Crippen LogP contribution in [-0.2, 0) is 27.3 Å². The van der Waals surface area contributed by atoms with Gasteiger partial charge >= 0.3 is 5.97 Å². The number of anilines is 1. The van der Waals surface area contributed by atoms with Gasteiger partial charge in [0.05, 0.1) is 19.3 Å². The lowest BCUT2D eigenvalue weighted by Crippen LogP contribution is -2.41. The van der Waals surface area contributed by atoms with E-state index in [1.165, 1.54) is 17.0 Å². The fourth-order valence-electron chi connectivity index (χ4n) is 3.44. The summed E-state index contributed by atoms with van der Waals surface area (Å²) in [5.41, 5.74) is 1.55. The van der Waals surface area contributed by atoms with Crippen LogP contribution in [-0.4, -0.2) is 24.6 Å². The molecule has 1 amide bonds. The van der Waals surface area contributed by atoms with Gasteiger partial charge in [0, 0.05) is 6.07 Å². The molecule has 5 nitrogen and oxygen atoms in total. The molecule has 0 spiro atoms. The molecule has 3 rings (SSSR count). The summed E-state index contributed by atoms with van der Waals surface area (Å²) < 4.78 is 24.5. The predicted octanol–water partition coefficient (Wildman–Crippen LogP) is 4.27. The summed E-state index contributed by atoms with van der Waals surface area (Å²) in [4.78, 5) is 27.7. The molecule has 0 aliphatic carbocycles.